The Balaban J connectivity index is 2.11. The lowest BCUT2D eigenvalue weighted by molar-refractivity contribution is 0.606. The van der Waals surface area contributed by atoms with E-state index in [0.717, 1.165) is 40.2 Å². The number of rotatable bonds is 4. The van der Waals surface area contributed by atoms with E-state index in [-0.39, 0.29) is 0 Å². The summed E-state index contributed by atoms with van der Waals surface area (Å²) in [4.78, 5) is 17.5. The molecule has 0 amide bonds. The molecule has 30 heavy (non-hydrogen) atoms. The van der Waals surface area contributed by atoms with Crippen LogP contribution in [0.5, 0.6) is 0 Å². The van der Waals surface area contributed by atoms with Crippen LogP contribution in [0.4, 0.5) is 5.69 Å². The van der Waals surface area contributed by atoms with Gasteiger partial charge in [-0.3, -0.25) is 14.7 Å². The highest BCUT2D eigenvalue weighted by atomic mass is 32.2. The molecular formula is C22H23N5O2S. The Hall–Kier alpha value is -3.31. The lowest BCUT2D eigenvalue weighted by Crippen LogP contribution is -2.11. The third kappa shape index (κ3) is 5.19. The summed E-state index contributed by atoms with van der Waals surface area (Å²) in [6.07, 6.45) is 4.97. The van der Waals surface area contributed by atoms with Crippen LogP contribution in [0, 0.1) is 32.6 Å². The number of sulfonamides is 1. The molecule has 3 aromatic heterocycles. The average Bonchev–Trinajstić information content (AvgIpc) is 2.66. The van der Waals surface area contributed by atoms with Crippen LogP contribution in [0.3, 0.4) is 0 Å². The Kier molecular flexibility index (Phi) is 6.13. The van der Waals surface area contributed by atoms with Crippen LogP contribution >= 0.6 is 0 Å². The van der Waals surface area contributed by atoms with Crippen LogP contribution in [-0.4, -0.2) is 34.6 Å². The minimum atomic E-state index is -3.41. The number of nitrogens with one attached hydrogen (secondary N) is 1. The molecule has 0 atom stereocenters. The molecule has 3 heterocycles. The molecule has 0 aliphatic carbocycles. The molecule has 3 rings (SSSR count). The van der Waals surface area contributed by atoms with Crippen molar-refractivity contribution < 1.29 is 8.42 Å². The maximum Gasteiger partial charge on any atom is 0.229 e. The van der Waals surface area contributed by atoms with E-state index in [4.69, 9.17) is 0 Å². The van der Waals surface area contributed by atoms with Crippen molar-refractivity contribution in [3.63, 3.8) is 0 Å². The summed E-state index contributed by atoms with van der Waals surface area (Å²) in [5.41, 5.74) is 6.64. The second kappa shape index (κ2) is 8.59. The third-order valence-electron chi connectivity index (χ3n) is 4.33. The highest BCUT2D eigenvalue weighted by Gasteiger charge is 2.12. The quantitative estimate of drug-likeness (QED) is 0.650. The Morgan fingerprint density at radius 2 is 1.70 bits per heavy atom. The van der Waals surface area contributed by atoms with E-state index in [0.29, 0.717) is 23.4 Å². The van der Waals surface area contributed by atoms with Crippen molar-refractivity contribution in [2.45, 2.75) is 34.1 Å². The molecule has 3 aromatic rings. The van der Waals surface area contributed by atoms with Gasteiger partial charge in [0.1, 0.15) is 6.33 Å². The van der Waals surface area contributed by atoms with E-state index < -0.39 is 10.0 Å². The number of aromatic nitrogens is 4. The van der Waals surface area contributed by atoms with Gasteiger partial charge in [0.2, 0.25) is 10.0 Å². The largest absolute Gasteiger partial charge is 0.282 e. The van der Waals surface area contributed by atoms with E-state index in [9.17, 15) is 8.42 Å². The number of hydrogen-bond acceptors (Lipinski definition) is 6. The van der Waals surface area contributed by atoms with Crippen LogP contribution < -0.4 is 4.72 Å². The molecule has 7 nitrogen and oxygen atoms in total. The standard InChI is InChI=1S/C22H23N5O2S/c1-6-20-19(22(25-13-24-20)18-9-14(2)26-15(3)10-18)8-7-17-11-21(16(4)23-12-17)27-30(5,28)29/h9-13,27H,6H2,1-5H3. The van der Waals surface area contributed by atoms with Crippen molar-refractivity contribution in [2.24, 2.45) is 0 Å². The van der Waals surface area contributed by atoms with Gasteiger partial charge in [0.15, 0.2) is 0 Å². The minimum absolute atomic E-state index is 0.407. The second-order valence-corrected chi connectivity index (χ2v) is 8.77. The first-order chi connectivity index (χ1) is 14.2. The second-order valence-electron chi connectivity index (χ2n) is 7.02. The number of nitrogens with zero attached hydrogens (tertiary/aromatic N) is 4. The molecule has 154 valence electrons. The number of anilines is 1. The van der Waals surface area contributed by atoms with Crippen molar-refractivity contribution in [1.29, 1.82) is 0 Å². The Morgan fingerprint density at radius 1 is 1.00 bits per heavy atom. The maximum absolute atomic E-state index is 11.6. The predicted molar refractivity (Wildman–Crippen MR) is 118 cm³/mol. The van der Waals surface area contributed by atoms with Crippen LogP contribution in [0.25, 0.3) is 11.3 Å². The summed E-state index contributed by atoms with van der Waals surface area (Å²) in [6.45, 7) is 7.63. The summed E-state index contributed by atoms with van der Waals surface area (Å²) in [6, 6.07) is 5.62. The zero-order valence-corrected chi connectivity index (χ0v) is 18.4. The lowest BCUT2D eigenvalue weighted by atomic mass is 10.0. The Labute approximate surface area is 177 Å². The van der Waals surface area contributed by atoms with E-state index in [2.05, 4.69) is 36.5 Å². The van der Waals surface area contributed by atoms with E-state index in [1.54, 1.807) is 25.5 Å². The molecule has 0 saturated carbocycles. The van der Waals surface area contributed by atoms with Gasteiger partial charge in [0.05, 0.1) is 34.6 Å². The monoisotopic (exact) mass is 421 g/mol. The van der Waals surface area contributed by atoms with Crippen molar-refractivity contribution in [3.8, 4) is 23.1 Å². The molecule has 0 aliphatic heterocycles. The van der Waals surface area contributed by atoms with Gasteiger partial charge < -0.3 is 0 Å². The lowest BCUT2D eigenvalue weighted by Gasteiger charge is -2.09. The Bertz CT molecular complexity index is 1250. The van der Waals surface area contributed by atoms with Crippen LogP contribution in [0.1, 0.15) is 40.8 Å². The van der Waals surface area contributed by atoms with Crippen molar-refractivity contribution >= 4 is 15.7 Å². The number of pyridine rings is 2. The fraction of sp³-hybridized carbons (Fsp3) is 0.273. The van der Waals surface area contributed by atoms with Gasteiger partial charge in [0, 0.05) is 28.7 Å². The summed E-state index contributed by atoms with van der Waals surface area (Å²) < 4.78 is 25.6. The smallest absolute Gasteiger partial charge is 0.229 e. The summed E-state index contributed by atoms with van der Waals surface area (Å²) in [5.74, 6) is 6.27. The molecule has 0 aromatic carbocycles. The van der Waals surface area contributed by atoms with Gasteiger partial charge in [-0.25, -0.2) is 18.4 Å². The molecule has 0 aliphatic rings. The number of hydrogen-bond donors (Lipinski definition) is 1. The average molecular weight is 422 g/mol. The highest BCUT2D eigenvalue weighted by molar-refractivity contribution is 7.92. The van der Waals surface area contributed by atoms with Crippen LogP contribution in [0.2, 0.25) is 0 Å². The topological polar surface area (TPSA) is 97.7 Å². The third-order valence-corrected chi connectivity index (χ3v) is 4.92. The number of aryl methyl sites for hydroxylation is 4. The zero-order valence-electron chi connectivity index (χ0n) is 17.6. The molecule has 0 radical (unpaired) electrons. The molecule has 1 N–H and O–H groups in total. The summed E-state index contributed by atoms with van der Waals surface area (Å²) in [7, 11) is -3.41. The van der Waals surface area contributed by atoms with E-state index in [1.165, 1.54) is 0 Å². The predicted octanol–water partition coefficient (Wildman–Crippen LogP) is 3.19. The SMILES string of the molecule is CCc1ncnc(-c2cc(C)nc(C)c2)c1C#Cc1cnc(C)c(NS(C)(=O)=O)c1. The molecule has 0 spiro atoms. The van der Waals surface area contributed by atoms with Crippen molar-refractivity contribution in [3.05, 3.63) is 64.6 Å². The molecule has 0 saturated heterocycles. The van der Waals surface area contributed by atoms with E-state index >= 15 is 0 Å². The van der Waals surface area contributed by atoms with Crippen molar-refractivity contribution in [1.82, 2.24) is 19.9 Å². The highest BCUT2D eigenvalue weighted by Crippen LogP contribution is 2.24. The van der Waals surface area contributed by atoms with Gasteiger partial charge in [-0.05, 0) is 45.4 Å². The first-order valence-electron chi connectivity index (χ1n) is 9.42. The molecule has 0 fully saturated rings. The van der Waals surface area contributed by atoms with Crippen molar-refractivity contribution in [2.75, 3.05) is 11.0 Å². The molecule has 0 unspecified atom stereocenters. The molecular weight excluding hydrogens is 398 g/mol. The van der Waals surface area contributed by atoms with Gasteiger partial charge in [-0.1, -0.05) is 18.8 Å². The van der Waals surface area contributed by atoms with Crippen LogP contribution in [-0.2, 0) is 16.4 Å². The van der Waals surface area contributed by atoms with Gasteiger partial charge in [-0.15, -0.1) is 0 Å². The fourth-order valence-corrected chi connectivity index (χ4v) is 3.66. The molecule has 0 bridgehead atoms. The first kappa shape index (κ1) is 21.4. The van der Waals surface area contributed by atoms with Crippen LogP contribution in [0.15, 0.2) is 30.7 Å². The first-order valence-corrected chi connectivity index (χ1v) is 11.3. The van der Waals surface area contributed by atoms with Gasteiger partial charge in [0.25, 0.3) is 0 Å². The maximum atomic E-state index is 11.6. The minimum Gasteiger partial charge on any atom is -0.282 e. The zero-order chi connectivity index (χ0) is 21.9. The van der Waals surface area contributed by atoms with Gasteiger partial charge in [-0.2, -0.15) is 0 Å². The summed E-state index contributed by atoms with van der Waals surface area (Å²) in [5, 5.41) is 0. The summed E-state index contributed by atoms with van der Waals surface area (Å²) >= 11 is 0. The van der Waals surface area contributed by atoms with Gasteiger partial charge >= 0.3 is 0 Å². The molecule has 8 heteroatoms. The van der Waals surface area contributed by atoms with E-state index in [1.807, 2.05) is 32.9 Å². The normalized spacial score (nSPS) is 11.0. The Morgan fingerprint density at radius 3 is 2.33 bits per heavy atom. The fourth-order valence-electron chi connectivity index (χ4n) is 3.05.